The lowest BCUT2D eigenvalue weighted by Gasteiger charge is -2.27. The van der Waals surface area contributed by atoms with Gasteiger partial charge in [0.15, 0.2) is 0 Å². The highest BCUT2D eigenvalue weighted by Gasteiger charge is 2.35. The van der Waals surface area contributed by atoms with E-state index in [0.29, 0.717) is 0 Å². The smallest absolute Gasteiger partial charge is 0.0467 e. The van der Waals surface area contributed by atoms with Gasteiger partial charge in [-0.2, -0.15) is 0 Å². The summed E-state index contributed by atoms with van der Waals surface area (Å²) >= 11 is 1.91. The predicted octanol–water partition coefficient (Wildman–Crippen LogP) is 16.0. The van der Waals surface area contributed by atoms with Crippen LogP contribution in [0, 0.1) is 0 Å². The number of nitrogens with zero attached hydrogens (tertiary/aromatic N) is 1. The maximum absolute atomic E-state index is 2.42. The fraction of sp³-hybridized carbons (Fsp3) is 0.0545. The second-order valence-electron chi connectivity index (χ2n) is 15.7. The average molecular weight is 746 g/mol. The second kappa shape index (κ2) is 13.2. The molecule has 1 aliphatic carbocycles. The molecule has 10 aromatic rings. The van der Waals surface area contributed by atoms with Crippen LogP contribution in [0.15, 0.2) is 200 Å². The summed E-state index contributed by atoms with van der Waals surface area (Å²) in [5, 5.41) is 5.23. The zero-order valence-electron chi connectivity index (χ0n) is 31.9. The molecule has 270 valence electrons. The normalized spacial score (nSPS) is 12.9. The van der Waals surface area contributed by atoms with Gasteiger partial charge in [-0.05, 0) is 109 Å². The summed E-state index contributed by atoms with van der Waals surface area (Å²) in [5.41, 5.74) is 16.1. The van der Waals surface area contributed by atoms with Gasteiger partial charge in [-0.25, -0.2) is 0 Å². The minimum atomic E-state index is -0.0586. The standard InChI is InChI=1S/C55H39NS/c1-55(2)51-24-9-8-21-47(51)48-31-28-40(35-52(48)55)39-16-10-18-43(33-39)56(42-29-25-37(26-30-42)36-13-4-3-5-14-36)44-19-11-17-41(34-44)46-22-12-23-49-50-32-27-38-15-6-7-20-45(38)53(50)57-54(46)49/h3-35H,1-2H3. The van der Waals surface area contributed by atoms with E-state index in [0.717, 1.165) is 17.1 Å². The lowest BCUT2D eigenvalue weighted by Crippen LogP contribution is -2.14. The van der Waals surface area contributed by atoms with E-state index in [9.17, 15) is 0 Å². The predicted molar refractivity (Wildman–Crippen MR) is 245 cm³/mol. The van der Waals surface area contributed by atoms with Gasteiger partial charge in [-0.1, -0.05) is 172 Å². The number of hydrogen-bond acceptors (Lipinski definition) is 2. The third kappa shape index (κ3) is 5.51. The van der Waals surface area contributed by atoms with Gasteiger partial charge < -0.3 is 4.90 Å². The molecular formula is C55H39NS. The molecule has 11 rings (SSSR count). The van der Waals surface area contributed by atoms with Gasteiger partial charge in [0.2, 0.25) is 0 Å². The van der Waals surface area contributed by atoms with Crippen molar-refractivity contribution in [2.24, 2.45) is 0 Å². The Hall–Kier alpha value is -6.74. The van der Waals surface area contributed by atoms with Crippen LogP contribution >= 0.6 is 11.3 Å². The lowest BCUT2D eigenvalue weighted by atomic mass is 9.81. The van der Waals surface area contributed by atoms with Crippen LogP contribution in [0.4, 0.5) is 17.1 Å². The van der Waals surface area contributed by atoms with Crippen molar-refractivity contribution in [2.75, 3.05) is 4.90 Å². The van der Waals surface area contributed by atoms with Crippen LogP contribution in [0.5, 0.6) is 0 Å². The van der Waals surface area contributed by atoms with Gasteiger partial charge in [0.05, 0.1) is 0 Å². The molecule has 0 aliphatic heterocycles. The fourth-order valence-corrected chi connectivity index (χ4v) is 10.5. The SMILES string of the molecule is CC1(C)c2ccccc2-c2ccc(-c3cccc(N(c4ccc(-c5ccccc5)cc4)c4cccc(-c5cccc6c5sc5c7ccccc7ccc65)c4)c3)cc21. The molecule has 0 bridgehead atoms. The maximum Gasteiger partial charge on any atom is 0.0467 e. The first-order valence-electron chi connectivity index (χ1n) is 19.8. The molecule has 0 atom stereocenters. The van der Waals surface area contributed by atoms with Gasteiger partial charge in [0, 0.05) is 42.6 Å². The van der Waals surface area contributed by atoms with Crippen molar-refractivity contribution >= 4 is 59.3 Å². The van der Waals surface area contributed by atoms with Crippen LogP contribution in [0.3, 0.4) is 0 Å². The number of benzene rings is 9. The molecule has 0 radical (unpaired) electrons. The van der Waals surface area contributed by atoms with E-state index in [-0.39, 0.29) is 5.41 Å². The summed E-state index contributed by atoms with van der Waals surface area (Å²) in [6.45, 7) is 4.71. The topological polar surface area (TPSA) is 3.24 Å². The van der Waals surface area contributed by atoms with Crippen molar-refractivity contribution in [1.82, 2.24) is 0 Å². The number of rotatable bonds is 6. The third-order valence-corrected chi connectivity index (χ3v) is 13.3. The third-order valence-electron chi connectivity index (χ3n) is 12.1. The van der Waals surface area contributed by atoms with E-state index in [1.807, 2.05) is 11.3 Å². The first-order valence-corrected chi connectivity index (χ1v) is 20.6. The highest BCUT2D eigenvalue weighted by atomic mass is 32.1. The van der Waals surface area contributed by atoms with E-state index in [2.05, 4.69) is 219 Å². The van der Waals surface area contributed by atoms with Crippen LogP contribution < -0.4 is 4.90 Å². The van der Waals surface area contributed by atoms with E-state index in [1.165, 1.54) is 86.6 Å². The Kier molecular flexibility index (Phi) is 7.77. The number of anilines is 3. The molecule has 2 heteroatoms. The molecule has 0 amide bonds. The van der Waals surface area contributed by atoms with Crippen molar-refractivity contribution in [3.8, 4) is 44.5 Å². The summed E-state index contributed by atoms with van der Waals surface area (Å²) in [4.78, 5) is 2.41. The molecule has 57 heavy (non-hydrogen) atoms. The van der Waals surface area contributed by atoms with E-state index in [4.69, 9.17) is 0 Å². The number of thiophene rings is 1. The summed E-state index contributed by atoms with van der Waals surface area (Å²) in [6.07, 6.45) is 0. The van der Waals surface area contributed by atoms with Crippen LogP contribution in [0.2, 0.25) is 0 Å². The fourth-order valence-electron chi connectivity index (χ4n) is 9.16. The minimum Gasteiger partial charge on any atom is -0.310 e. The van der Waals surface area contributed by atoms with Crippen molar-refractivity contribution in [2.45, 2.75) is 19.3 Å². The summed E-state index contributed by atoms with van der Waals surface area (Å²) in [7, 11) is 0. The molecular weight excluding hydrogens is 707 g/mol. The Morgan fingerprint density at radius 1 is 0.351 bits per heavy atom. The summed E-state index contributed by atoms with van der Waals surface area (Å²) < 4.78 is 2.67. The Balaban J connectivity index is 1.05. The Labute approximate surface area is 337 Å². The largest absolute Gasteiger partial charge is 0.310 e. The molecule has 0 spiro atoms. The molecule has 0 unspecified atom stereocenters. The maximum atomic E-state index is 2.42. The molecule has 1 nitrogen and oxygen atoms in total. The average Bonchev–Trinajstić information content (AvgIpc) is 3.77. The number of fused-ring (bicyclic) bond motifs is 8. The molecule has 1 aliphatic rings. The Bertz CT molecular complexity index is 3150. The molecule has 0 fully saturated rings. The zero-order valence-corrected chi connectivity index (χ0v) is 32.7. The molecule has 0 saturated carbocycles. The Morgan fingerprint density at radius 2 is 0.930 bits per heavy atom. The monoisotopic (exact) mass is 745 g/mol. The van der Waals surface area contributed by atoms with E-state index < -0.39 is 0 Å². The zero-order chi connectivity index (χ0) is 38.1. The molecule has 1 heterocycles. The quantitative estimate of drug-likeness (QED) is 0.164. The molecule has 0 N–H and O–H groups in total. The van der Waals surface area contributed by atoms with Crippen LogP contribution in [-0.2, 0) is 5.41 Å². The molecule has 1 aromatic heterocycles. The number of hydrogen-bond donors (Lipinski definition) is 0. The van der Waals surface area contributed by atoms with E-state index >= 15 is 0 Å². The lowest BCUT2D eigenvalue weighted by molar-refractivity contribution is 0.660. The van der Waals surface area contributed by atoms with Gasteiger partial charge in [-0.15, -0.1) is 11.3 Å². The molecule has 9 aromatic carbocycles. The first kappa shape index (κ1) is 33.6. The first-order chi connectivity index (χ1) is 28.0. The summed E-state index contributed by atoms with van der Waals surface area (Å²) in [6, 6.07) is 73.7. The highest BCUT2D eigenvalue weighted by Crippen LogP contribution is 2.50. The molecule has 0 saturated heterocycles. The van der Waals surface area contributed by atoms with Crippen molar-refractivity contribution in [3.05, 3.63) is 211 Å². The van der Waals surface area contributed by atoms with Gasteiger partial charge in [0.1, 0.15) is 0 Å². The highest BCUT2D eigenvalue weighted by molar-refractivity contribution is 7.27. The summed E-state index contributed by atoms with van der Waals surface area (Å²) in [5.74, 6) is 0. The van der Waals surface area contributed by atoms with Crippen LogP contribution in [0.25, 0.3) is 75.5 Å². The van der Waals surface area contributed by atoms with Gasteiger partial charge in [0.25, 0.3) is 0 Å². The van der Waals surface area contributed by atoms with Gasteiger partial charge >= 0.3 is 0 Å². The van der Waals surface area contributed by atoms with Crippen LogP contribution in [0.1, 0.15) is 25.0 Å². The van der Waals surface area contributed by atoms with Gasteiger partial charge in [-0.3, -0.25) is 0 Å². The Morgan fingerprint density at radius 3 is 1.77 bits per heavy atom. The van der Waals surface area contributed by atoms with Crippen molar-refractivity contribution < 1.29 is 0 Å². The minimum absolute atomic E-state index is 0.0586. The second-order valence-corrected chi connectivity index (χ2v) is 16.7. The van der Waals surface area contributed by atoms with Crippen molar-refractivity contribution in [3.63, 3.8) is 0 Å². The van der Waals surface area contributed by atoms with E-state index in [1.54, 1.807) is 0 Å². The van der Waals surface area contributed by atoms with Crippen molar-refractivity contribution in [1.29, 1.82) is 0 Å². The van der Waals surface area contributed by atoms with Crippen LogP contribution in [-0.4, -0.2) is 0 Å².